The SMILES string of the molecule is OCC1CCCN(c2ccc(F)cn2)C1. The van der Waals surface area contributed by atoms with Crippen molar-refractivity contribution in [3.63, 3.8) is 0 Å². The van der Waals surface area contributed by atoms with E-state index in [1.165, 1.54) is 12.3 Å². The third-order valence-electron chi connectivity index (χ3n) is 2.81. The van der Waals surface area contributed by atoms with E-state index in [0.717, 1.165) is 31.7 Å². The van der Waals surface area contributed by atoms with Crippen molar-refractivity contribution < 1.29 is 9.50 Å². The summed E-state index contributed by atoms with van der Waals surface area (Å²) in [6.45, 7) is 1.97. The van der Waals surface area contributed by atoms with Crippen molar-refractivity contribution >= 4 is 5.82 Å². The van der Waals surface area contributed by atoms with E-state index in [9.17, 15) is 4.39 Å². The van der Waals surface area contributed by atoms with Crippen LogP contribution < -0.4 is 4.90 Å². The maximum Gasteiger partial charge on any atom is 0.141 e. The number of aliphatic hydroxyl groups excluding tert-OH is 1. The highest BCUT2D eigenvalue weighted by Gasteiger charge is 2.19. The van der Waals surface area contributed by atoms with Crippen LogP contribution in [-0.2, 0) is 0 Å². The minimum Gasteiger partial charge on any atom is -0.396 e. The molecule has 1 N–H and O–H groups in total. The molecule has 1 aliphatic heterocycles. The van der Waals surface area contributed by atoms with E-state index in [0.29, 0.717) is 5.92 Å². The van der Waals surface area contributed by atoms with E-state index in [1.54, 1.807) is 6.07 Å². The lowest BCUT2D eigenvalue weighted by atomic mass is 9.99. The Morgan fingerprint density at radius 2 is 2.40 bits per heavy atom. The van der Waals surface area contributed by atoms with Gasteiger partial charge in [-0.25, -0.2) is 9.37 Å². The predicted molar refractivity (Wildman–Crippen MR) is 56.2 cm³/mol. The molecule has 0 radical (unpaired) electrons. The Hall–Kier alpha value is -1.16. The number of nitrogens with zero attached hydrogens (tertiary/aromatic N) is 2. The summed E-state index contributed by atoms with van der Waals surface area (Å²) in [6, 6.07) is 3.11. The highest BCUT2D eigenvalue weighted by Crippen LogP contribution is 2.20. The number of rotatable bonds is 2. The molecule has 1 aliphatic rings. The number of hydrogen-bond donors (Lipinski definition) is 1. The van der Waals surface area contributed by atoms with Crippen LogP contribution in [0.25, 0.3) is 0 Å². The van der Waals surface area contributed by atoms with Crippen LogP contribution in [-0.4, -0.2) is 29.8 Å². The predicted octanol–water partition coefficient (Wildman–Crippen LogP) is 1.43. The van der Waals surface area contributed by atoms with E-state index in [4.69, 9.17) is 5.11 Å². The van der Waals surface area contributed by atoms with E-state index in [2.05, 4.69) is 9.88 Å². The summed E-state index contributed by atoms with van der Waals surface area (Å²) in [5, 5.41) is 9.09. The summed E-state index contributed by atoms with van der Waals surface area (Å²) in [6.07, 6.45) is 3.36. The molecule has 1 unspecified atom stereocenters. The molecule has 0 aliphatic carbocycles. The third kappa shape index (κ3) is 2.45. The quantitative estimate of drug-likeness (QED) is 0.802. The maximum absolute atomic E-state index is 12.7. The van der Waals surface area contributed by atoms with Gasteiger partial charge in [-0.2, -0.15) is 0 Å². The first kappa shape index (κ1) is 10.4. The zero-order chi connectivity index (χ0) is 10.7. The molecule has 1 atom stereocenters. The van der Waals surface area contributed by atoms with E-state index < -0.39 is 0 Å². The summed E-state index contributed by atoms with van der Waals surface area (Å²) < 4.78 is 12.7. The van der Waals surface area contributed by atoms with Gasteiger partial charge < -0.3 is 10.0 Å². The van der Waals surface area contributed by atoms with Gasteiger partial charge >= 0.3 is 0 Å². The second kappa shape index (κ2) is 4.57. The molecule has 2 heterocycles. The molecular weight excluding hydrogens is 195 g/mol. The first-order valence-electron chi connectivity index (χ1n) is 5.27. The van der Waals surface area contributed by atoms with Gasteiger partial charge in [0, 0.05) is 19.7 Å². The number of piperidine rings is 1. The molecule has 2 rings (SSSR count). The number of pyridine rings is 1. The number of aliphatic hydroxyl groups is 1. The van der Waals surface area contributed by atoms with Gasteiger partial charge in [-0.3, -0.25) is 0 Å². The fraction of sp³-hybridized carbons (Fsp3) is 0.545. The Labute approximate surface area is 88.6 Å². The van der Waals surface area contributed by atoms with Gasteiger partial charge in [-0.05, 0) is 30.9 Å². The highest BCUT2D eigenvalue weighted by molar-refractivity contribution is 5.38. The van der Waals surface area contributed by atoms with Crippen molar-refractivity contribution in [2.24, 2.45) is 5.92 Å². The average molecular weight is 210 g/mol. The normalized spacial score (nSPS) is 21.7. The molecule has 1 fully saturated rings. The van der Waals surface area contributed by atoms with E-state index in [-0.39, 0.29) is 12.4 Å². The first-order valence-corrected chi connectivity index (χ1v) is 5.27. The Bertz CT molecular complexity index is 315. The Morgan fingerprint density at radius 3 is 3.07 bits per heavy atom. The van der Waals surface area contributed by atoms with Crippen molar-refractivity contribution in [1.82, 2.24) is 4.98 Å². The largest absolute Gasteiger partial charge is 0.396 e. The molecule has 0 amide bonds. The van der Waals surface area contributed by atoms with Crippen molar-refractivity contribution in [1.29, 1.82) is 0 Å². The molecule has 1 aromatic rings. The summed E-state index contributed by atoms with van der Waals surface area (Å²) >= 11 is 0. The van der Waals surface area contributed by atoms with Crippen LogP contribution in [0.1, 0.15) is 12.8 Å². The molecular formula is C11H15FN2O. The number of halogens is 1. The lowest BCUT2D eigenvalue weighted by molar-refractivity contribution is 0.208. The molecule has 0 bridgehead atoms. The Kier molecular flexibility index (Phi) is 3.16. The monoisotopic (exact) mass is 210 g/mol. The summed E-state index contributed by atoms with van der Waals surface area (Å²) in [4.78, 5) is 6.14. The lowest BCUT2D eigenvalue weighted by Crippen LogP contribution is -2.37. The summed E-state index contributed by atoms with van der Waals surface area (Å²) in [5.74, 6) is 0.814. The average Bonchev–Trinajstić information content (AvgIpc) is 2.30. The van der Waals surface area contributed by atoms with Crippen LogP contribution in [0.15, 0.2) is 18.3 Å². The van der Waals surface area contributed by atoms with E-state index in [1.807, 2.05) is 0 Å². The Balaban J connectivity index is 2.06. The van der Waals surface area contributed by atoms with Gasteiger partial charge in [-0.15, -0.1) is 0 Å². The third-order valence-corrected chi connectivity index (χ3v) is 2.81. The molecule has 0 spiro atoms. The van der Waals surface area contributed by atoms with Gasteiger partial charge in [0.2, 0.25) is 0 Å². The van der Waals surface area contributed by atoms with Crippen LogP contribution in [0.5, 0.6) is 0 Å². The maximum atomic E-state index is 12.7. The van der Waals surface area contributed by atoms with Crippen LogP contribution in [0.2, 0.25) is 0 Å². The fourth-order valence-electron chi connectivity index (χ4n) is 1.98. The number of hydrogen-bond acceptors (Lipinski definition) is 3. The van der Waals surface area contributed by atoms with Crippen LogP contribution >= 0.6 is 0 Å². The fourth-order valence-corrected chi connectivity index (χ4v) is 1.98. The smallest absolute Gasteiger partial charge is 0.141 e. The van der Waals surface area contributed by atoms with Gasteiger partial charge in [-0.1, -0.05) is 0 Å². The van der Waals surface area contributed by atoms with Gasteiger partial charge in [0.15, 0.2) is 0 Å². The van der Waals surface area contributed by atoms with E-state index >= 15 is 0 Å². The Morgan fingerprint density at radius 1 is 1.53 bits per heavy atom. The van der Waals surface area contributed by atoms with Crippen molar-refractivity contribution in [2.45, 2.75) is 12.8 Å². The van der Waals surface area contributed by atoms with Crippen molar-refractivity contribution in [3.8, 4) is 0 Å². The molecule has 0 aromatic carbocycles. The molecule has 3 nitrogen and oxygen atoms in total. The summed E-state index contributed by atoms with van der Waals surface area (Å²) in [7, 11) is 0. The minimum absolute atomic E-state index is 0.220. The zero-order valence-electron chi connectivity index (χ0n) is 8.56. The van der Waals surface area contributed by atoms with Crippen LogP contribution in [0, 0.1) is 11.7 Å². The highest BCUT2D eigenvalue weighted by atomic mass is 19.1. The minimum atomic E-state index is -0.311. The topological polar surface area (TPSA) is 36.4 Å². The lowest BCUT2D eigenvalue weighted by Gasteiger charge is -2.32. The molecule has 82 valence electrons. The van der Waals surface area contributed by atoms with Gasteiger partial charge in [0.25, 0.3) is 0 Å². The van der Waals surface area contributed by atoms with Crippen molar-refractivity contribution in [3.05, 3.63) is 24.1 Å². The molecule has 15 heavy (non-hydrogen) atoms. The number of anilines is 1. The van der Waals surface area contributed by atoms with Gasteiger partial charge in [0.05, 0.1) is 6.20 Å². The number of aromatic nitrogens is 1. The van der Waals surface area contributed by atoms with Crippen LogP contribution in [0.3, 0.4) is 0 Å². The molecule has 1 saturated heterocycles. The first-order chi connectivity index (χ1) is 7.29. The zero-order valence-corrected chi connectivity index (χ0v) is 8.56. The van der Waals surface area contributed by atoms with Crippen LogP contribution in [0.4, 0.5) is 10.2 Å². The molecule has 1 aromatic heterocycles. The molecule has 4 heteroatoms. The summed E-state index contributed by atoms with van der Waals surface area (Å²) in [5.41, 5.74) is 0. The van der Waals surface area contributed by atoms with Gasteiger partial charge in [0.1, 0.15) is 11.6 Å². The van der Waals surface area contributed by atoms with Crippen molar-refractivity contribution in [2.75, 3.05) is 24.6 Å². The molecule has 0 saturated carbocycles. The second-order valence-corrected chi connectivity index (χ2v) is 3.97. The second-order valence-electron chi connectivity index (χ2n) is 3.97. The standard InChI is InChI=1S/C11H15FN2O/c12-10-3-4-11(13-6-10)14-5-1-2-9(7-14)8-15/h3-4,6,9,15H,1-2,5,7-8H2.